The lowest BCUT2D eigenvalue weighted by Gasteiger charge is -2.33. The van der Waals surface area contributed by atoms with Crippen molar-refractivity contribution in [3.63, 3.8) is 0 Å². The maximum absolute atomic E-state index is 12.4. The summed E-state index contributed by atoms with van der Waals surface area (Å²) >= 11 is 0. The van der Waals surface area contributed by atoms with E-state index < -0.39 is 0 Å². The molecule has 0 bridgehead atoms. The molecule has 1 aliphatic heterocycles. The number of benzene rings is 1. The summed E-state index contributed by atoms with van der Waals surface area (Å²) in [7, 11) is 0. The number of hydrogen-bond acceptors (Lipinski definition) is 5. The van der Waals surface area contributed by atoms with Crippen molar-refractivity contribution in [3.8, 4) is 17.5 Å². The van der Waals surface area contributed by atoms with Crippen LogP contribution in [-0.4, -0.2) is 27.7 Å². The van der Waals surface area contributed by atoms with E-state index in [1.165, 1.54) is 11.0 Å². The second kappa shape index (κ2) is 6.00. The molecule has 2 heterocycles. The molecule has 1 aromatic heterocycles. The summed E-state index contributed by atoms with van der Waals surface area (Å²) in [5, 5.41) is 9.37. The van der Waals surface area contributed by atoms with Crippen LogP contribution < -0.4 is 10.5 Å². The highest BCUT2D eigenvalue weighted by molar-refractivity contribution is 5.60. The number of nitriles is 1. The zero-order chi connectivity index (χ0) is 15.5. The molecule has 1 aromatic carbocycles. The van der Waals surface area contributed by atoms with Gasteiger partial charge in [-0.25, -0.2) is 9.88 Å². The molecule has 6 nitrogen and oxygen atoms in total. The lowest BCUT2D eigenvalue weighted by molar-refractivity contribution is 0.199. The van der Waals surface area contributed by atoms with Gasteiger partial charge in [0, 0.05) is 18.2 Å². The molecule has 0 unspecified atom stereocenters. The first-order chi connectivity index (χ1) is 10.7. The third kappa shape index (κ3) is 2.59. The van der Waals surface area contributed by atoms with Crippen LogP contribution in [0.15, 0.2) is 41.2 Å². The summed E-state index contributed by atoms with van der Waals surface area (Å²) in [5.41, 5.74) is 1.34. The van der Waals surface area contributed by atoms with Gasteiger partial charge >= 0.3 is 0 Å². The van der Waals surface area contributed by atoms with E-state index >= 15 is 0 Å². The van der Waals surface area contributed by atoms with Crippen LogP contribution in [0, 0.1) is 11.5 Å². The van der Waals surface area contributed by atoms with Crippen molar-refractivity contribution < 1.29 is 0 Å². The predicted molar refractivity (Wildman–Crippen MR) is 83.9 cm³/mol. The molecule has 2 aromatic rings. The third-order valence-corrected chi connectivity index (χ3v) is 3.64. The highest BCUT2D eigenvalue weighted by Gasteiger charge is 2.24. The maximum Gasteiger partial charge on any atom is 0.256 e. The Morgan fingerprint density at radius 2 is 2.05 bits per heavy atom. The smallest absolute Gasteiger partial charge is 0.256 e. The highest BCUT2D eigenvalue weighted by Crippen LogP contribution is 2.21. The minimum Gasteiger partial charge on any atom is -0.269 e. The van der Waals surface area contributed by atoms with Crippen LogP contribution in [0.1, 0.15) is 13.3 Å². The molecule has 22 heavy (non-hydrogen) atoms. The monoisotopic (exact) mass is 295 g/mol. The maximum atomic E-state index is 12.4. The fraction of sp³-hybridized carbons (Fsp3) is 0.312. The number of aromatic nitrogens is 2. The van der Waals surface area contributed by atoms with Gasteiger partial charge in [0.2, 0.25) is 5.95 Å². The van der Waals surface area contributed by atoms with Gasteiger partial charge < -0.3 is 0 Å². The topological polar surface area (TPSA) is 65.2 Å². The van der Waals surface area contributed by atoms with Crippen LogP contribution in [-0.2, 0) is 6.67 Å². The van der Waals surface area contributed by atoms with E-state index in [0.717, 1.165) is 18.5 Å². The summed E-state index contributed by atoms with van der Waals surface area (Å²) in [5.74, 6) is 0.418. The largest absolute Gasteiger partial charge is 0.269 e. The van der Waals surface area contributed by atoms with Crippen molar-refractivity contribution in [2.45, 2.75) is 20.0 Å². The van der Waals surface area contributed by atoms with Crippen molar-refractivity contribution in [1.82, 2.24) is 14.5 Å². The third-order valence-electron chi connectivity index (χ3n) is 3.64. The summed E-state index contributed by atoms with van der Waals surface area (Å²) < 4.78 is 1.55. The first-order valence-electron chi connectivity index (χ1n) is 7.30. The molecule has 0 atom stereocenters. The molecule has 0 amide bonds. The molecule has 112 valence electrons. The number of fused-ring (bicyclic) bond motifs is 1. The van der Waals surface area contributed by atoms with Crippen molar-refractivity contribution >= 4 is 5.95 Å². The van der Waals surface area contributed by atoms with Crippen molar-refractivity contribution in [2.75, 3.05) is 18.1 Å². The minimum absolute atomic E-state index is 0.134. The van der Waals surface area contributed by atoms with Gasteiger partial charge in [0.15, 0.2) is 6.19 Å². The Kier molecular flexibility index (Phi) is 3.90. The predicted octanol–water partition coefficient (Wildman–Crippen LogP) is 1.84. The molecule has 0 aliphatic carbocycles. The lowest BCUT2D eigenvalue weighted by atomic mass is 10.1. The summed E-state index contributed by atoms with van der Waals surface area (Å²) in [6, 6.07) is 11.1. The summed E-state index contributed by atoms with van der Waals surface area (Å²) in [4.78, 5) is 20.5. The Bertz CT molecular complexity index is 762. The lowest BCUT2D eigenvalue weighted by Crippen LogP contribution is -2.47. The fourth-order valence-electron chi connectivity index (χ4n) is 2.63. The Balaban J connectivity index is 2.07. The summed E-state index contributed by atoms with van der Waals surface area (Å²) in [6.07, 6.45) is 3.09. The van der Waals surface area contributed by atoms with Gasteiger partial charge in [-0.05, 0) is 6.42 Å². The molecule has 0 saturated heterocycles. The van der Waals surface area contributed by atoms with Gasteiger partial charge in [0.25, 0.3) is 5.56 Å². The van der Waals surface area contributed by atoms with E-state index in [0.29, 0.717) is 25.0 Å². The van der Waals surface area contributed by atoms with Crippen LogP contribution in [0.5, 0.6) is 0 Å². The molecular weight excluding hydrogens is 278 g/mol. The normalized spacial score (nSPS) is 14.5. The van der Waals surface area contributed by atoms with Crippen LogP contribution >= 0.6 is 0 Å². The van der Waals surface area contributed by atoms with E-state index in [1.807, 2.05) is 30.3 Å². The highest BCUT2D eigenvalue weighted by atomic mass is 16.1. The molecule has 6 heteroatoms. The minimum atomic E-state index is -0.134. The van der Waals surface area contributed by atoms with Crippen molar-refractivity contribution in [1.29, 1.82) is 5.26 Å². The van der Waals surface area contributed by atoms with Crippen molar-refractivity contribution in [2.24, 2.45) is 0 Å². The molecule has 0 N–H and O–H groups in total. The average Bonchev–Trinajstić information content (AvgIpc) is 2.55. The number of anilines is 1. The average molecular weight is 295 g/mol. The molecule has 1 aliphatic rings. The standard InChI is InChI=1S/C16H17N5O/c1-2-8-19-11-20(10-17)16-18-14(9-15(22)21(16)12-19)13-6-4-3-5-7-13/h3-7,9H,2,8,11-12H2,1H3. The number of nitrogens with zero attached hydrogens (tertiary/aromatic N) is 5. The van der Waals surface area contributed by atoms with Crippen LogP contribution in [0.25, 0.3) is 11.3 Å². The van der Waals surface area contributed by atoms with E-state index in [9.17, 15) is 10.1 Å². The van der Waals surface area contributed by atoms with E-state index in [1.54, 1.807) is 4.57 Å². The fourth-order valence-corrected chi connectivity index (χ4v) is 2.63. The molecule has 0 fully saturated rings. The van der Waals surface area contributed by atoms with E-state index in [-0.39, 0.29) is 5.56 Å². The van der Waals surface area contributed by atoms with E-state index in [2.05, 4.69) is 23.0 Å². The quantitative estimate of drug-likeness (QED) is 0.808. The number of rotatable bonds is 3. The second-order valence-electron chi connectivity index (χ2n) is 5.28. The molecule has 0 spiro atoms. The Morgan fingerprint density at radius 1 is 1.27 bits per heavy atom. The van der Waals surface area contributed by atoms with Gasteiger partial charge in [0.05, 0.1) is 19.0 Å². The van der Waals surface area contributed by atoms with Crippen LogP contribution in [0.4, 0.5) is 5.95 Å². The Hall–Kier alpha value is -2.65. The Morgan fingerprint density at radius 3 is 2.73 bits per heavy atom. The first-order valence-corrected chi connectivity index (χ1v) is 7.30. The Labute approximate surface area is 128 Å². The van der Waals surface area contributed by atoms with Gasteiger partial charge in [-0.1, -0.05) is 37.3 Å². The van der Waals surface area contributed by atoms with E-state index in [4.69, 9.17) is 0 Å². The zero-order valence-corrected chi connectivity index (χ0v) is 12.4. The van der Waals surface area contributed by atoms with Gasteiger partial charge in [-0.3, -0.25) is 14.3 Å². The molecule has 0 saturated carbocycles. The van der Waals surface area contributed by atoms with Gasteiger partial charge in [0.1, 0.15) is 0 Å². The SMILES string of the molecule is CCCN1CN(C#N)c2nc(-c3ccccc3)cc(=O)n2C1. The van der Waals surface area contributed by atoms with Crippen LogP contribution in [0.3, 0.4) is 0 Å². The second-order valence-corrected chi connectivity index (χ2v) is 5.28. The van der Waals surface area contributed by atoms with Gasteiger partial charge in [-0.15, -0.1) is 0 Å². The summed E-state index contributed by atoms with van der Waals surface area (Å²) in [6.45, 7) is 3.85. The molecule has 0 radical (unpaired) electrons. The molecule has 3 rings (SSSR count). The van der Waals surface area contributed by atoms with Gasteiger partial charge in [-0.2, -0.15) is 5.26 Å². The van der Waals surface area contributed by atoms with Crippen molar-refractivity contribution in [3.05, 3.63) is 46.8 Å². The van der Waals surface area contributed by atoms with Crippen LogP contribution in [0.2, 0.25) is 0 Å². The first kappa shape index (κ1) is 14.3. The zero-order valence-electron chi connectivity index (χ0n) is 12.4. The molecular formula is C16H17N5O. The number of hydrogen-bond donors (Lipinski definition) is 0.